The van der Waals surface area contributed by atoms with Crippen molar-refractivity contribution in [2.75, 3.05) is 0 Å². The van der Waals surface area contributed by atoms with Crippen molar-refractivity contribution in [1.82, 2.24) is 5.32 Å². The standard InChI is InChI=1S/C31H38N2O/c32-26-12-14-27(15-13-26)33-29(34)31-19-23-17-30(21-31,25-9-5-2-6-10-25)18-24(20-31)28(23)16-11-22-7-3-1-4-8-22/h1-10,16,23-24,26-27H,11-15,17-21,32H2,(H,33,34)/t23?,24?,26-,27-,30?,31?. The molecule has 5 aliphatic rings. The Labute approximate surface area is 204 Å². The minimum absolute atomic E-state index is 0.142. The molecule has 178 valence electrons. The molecule has 4 bridgehead atoms. The fourth-order valence-electron chi connectivity index (χ4n) is 8.12. The number of nitrogens with two attached hydrogens (primary N) is 1. The molecule has 2 atom stereocenters. The lowest BCUT2D eigenvalue weighted by molar-refractivity contribution is -0.145. The molecule has 0 heterocycles. The van der Waals surface area contributed by atoms with Crippen LogP contribution in [0, 0.1) is 17.3 Å². The molecule has 3 N–H and O–H groups in total. The molecule has 0 saturated heterocycles. The largest absolute Gasteiger partial charge is 0.353 e. The van der Waals surface area contributed by atoms with Crippen molar-refractivity contribution in [2.24, 2.45) is 23.0 Å². The van der Waals surface area contributed by atoms with Crippen LogP contribution in [0.1, 0.15) is 68.9 Å². The summed E-state index contributed by atoms with van der Waals surface area (Å²) < 4.78 is 0. The fourth-order valence-corrected chi connectivity index (χ4v) is 8.12. The average Bonchev–Trinajstić information content (AvgIpc) is 2.86. The lowest BCUT2D eigenvalue weighted by Gasteiger charge is -2.62. The van der Waals surface area contributed by atoms with Crippen LogP contribution in [0.15, 0.2) is 72.3 Å². The van der Waals surface area contributed by atoms with Gasteiger partial charge in [0.05, 0.1) is 5.41 Å². The van der Waals surface area contributed by atoms with Crippen molar-refractivity contribution in [3.63, 3.8) is 0 Å². The highest BCUT2D eigenvalue weighted by Gasteiger charge is 2.62. The van der Waals surface area contributed by atoms with Crippen LogP contribution in [0.25, 0.3) is 0 Å². The molecule has 2 aromatic carbocycles. The third-order valence-corrected chi connectivity index (χ3v) is 9.56. The Morgan fingerprint density at radius 1 is 0.882 bits per heavy atom. The topological polar surface area (TPSA) is 55.1 Å². The van der Waals surface area contributed by atoms with E-state index in [1.54, 1.807) is 5.57 Å². The van der Waals surface area contributed by atoms with Crippen LogP contribution in [-0.4, -0.2) is 18.0 Å². The second kappa shape index (κ2) is 8.68. The Morgan fingerprint density at radius 2 is 1.50 bits per heavy atom. The van der Waals surface area contributed by atoms with E-state index in [-0.39, 0.29) is 10.8 Å². The smallest absolute Gasteiger partial charge is 0.226 e. The summed E-state index contributed by atoms with van der Waals surface area (Å²) in [6, 6.07) is 22.5. The summed E-state index contributed by atoms with van der Waals surface area (Å²) in [5.41, 5.74) is 10.5. The minimum Gasteiger partial charge on any atom is -0.353 e. The van der Waals surface area contributed by atoms with Crippen molar-refractivity contribution in [3.05, 3.63) is 83.4 Å². The Kier molecular flexibility index (Phi) is 5.64. The van der Waals surface area contributed by atoms with Crippen LogP contribution in [0.3, 0.4) is 0 Å². The van der Waals surface area contributed by atoms with Gasteiger partial charge in [-0.25, -0.2) is 0 Å². The summed E-state index contributed by atoms with van der Waals surface area (Å²) in [5, 5.41) is 3.52. The second-order valence-electron chi connectivity index (χ2n) is 11.8. The van der Waals surface area contributed by atoms with E-state index in [0.29, 0.717) is 29.8 Å². The molecular weight excluding hydrogens is 416 g/mol. The summed E-state index contributed by atoms with van der Waals surface area (Å²) in [6.45, 7) is 0. The number of amides is 1. The Morgan fingerprint density at radius 3 is 2.15 bits per heavy atom. The lowest BCUT2D eigenvalue weighted by atomic mass is 9.41. The molecule has 0 aromatic heterocycles. The van der Waals surface area contributed by atoms with E-state index in [4.69, 9.17) is 5.73 Å². The van der Waals surface area contributed by atoms with Gasteiger partial charge in [-0.15, -0.1) is 0 Å². The lowest BCUT2D eigenvalue weighted by Crippen LogP contribution is -2.61. The second-order valence-corrected chi connectivity index (χ2v) is 11.8. The molecule has 5 aliphatic carbocycles. The summed E-state index contributed by atoms with van der Waals surface area (Å²) in [4.78, 5) is 13.9. The highest BCUT2D eigenvalue weighted by molar-refractivity contribution is 5.84. The highest BCUT2D eigenvalue weighted by Crippen LogP contribution is 2.67. The van der Waals surface area contributed by atoms with Crippen LogP contribution in [0.5, 0.6) is 0 Å². The summed E-state index contributed by atoms with van der Waals surface area (Å²) in [6.07, 6.45) is 13.1. The van der Waals surface area contributed by atoms with Crippen LogP contribution in [0.4, 0.5) is 0 Å². The van der Waals surface area contributed by atoms with E-state index in [9.17, 15) is 4.79 Å². The third kappa shape index (κ3) is 3.92. The summed E-state index contributed by atoms with van der Waals surface area (Å²) in [5.74, 6) is 1.39. The SMILES string of the molecule is N[C@H]1CC[C@H](NC(=O)C23CC4CC(c5ccccc5)(CC(C2)C4=CCc2ccccc2)C3)CC1. The third-order valence-electron chi connectivity index (χ3n) is 9.56. The van der Waals surface area contributed by atoms with Gasteiger partial charge in [0.1, 0.15) is 0 Å². The molecule has 5 fully saturated rings. The number of carbonyl (C=O) groups excluding carboxylic acids is 1. The maximum absolute atomic E-state index is 13.9. The summed E-state index contributed by atoms with van der Waals surface area (Å²) in [7, 11) is 0. The van der Waals surface area contributed by atoms with Crippen LogP contribution >= 0.6 is 0 Å². The number of allylic oxidation sites excluding steroid dienone is 2. The number of nitrogens with one attached hydrogen (secondary N) is 1. The van der Waals surface area contributed by atoms with Crippen molar-refractivity contribution in [1.29, 1.82) is 0 Å². The van der Waals surface area contributed by atoms with E-state index >= 15 is 0 Å². The molecule has 2 aromatic rings. The molecule has 3 heteroatoms. The number of rotatable bonds is 5. The molecular formula is C31H38N2O. The zero-order valence-electron chi connectivity index (χ0n) is 20.2. The first-order chi connectivity index (χ1) is 16.6. The molecule has 34 heavy (non-hydrogen) atoms. The zero-order chi connectivity index (χ0) is 23.2. The maximum atomic E-state index is 13.9. The Balaban J connectivity index is 1.29. The fraction of sp³-hybridized carbons (Fsp3) is 0.516. The van der Waals surface area contributed by atoms with Crippen LogP contribution in [0.2, 0.25) is 0 Å². The first-order valence-corrected chi connectivity index (χ1v) is 13.4. The van der Waals surface area contributed by atoms with Crippen molar-refractivity contribution in [2.45, 2.75) is 81.7 Å². The summed E-state index contributed by atoms with van der Waals surface area (Å²) >= 11 is 0. The van der Waals surface area contributed by atoms with Crippen LogP contribution in [-0.2, 0) is 16.6 Å². The van der Waals surface area contributed by atoms with Gasteiger partial charge in [-0.05, 0) is 92.6 Å². The van der Waals surface area contributed by atoms with Gasteiger partial charge in [0.15, 0.2) is 0 Å². The quantitative estimate of drug-likeness (QED) is 0.570. The monoisotopic (exact) mass is 454 g/mol. The van der Waals surface area contributed by atoms with Gasteiger partial charge >= 0.3 is 0 Å². The van der Waals surface area contributed by atoms with Gasteiger partial charge in [-0.2, -0.15) is 0 Å². The first-order valence-electron chi connectivity index (χ1n) is 13.4. The molecule has 3 nitrogen and oxygen atoms in total. The highest BCUT2D eigenvalue weighted by atomic mass is 16.2. The first kappa shape index (κ1) is 22.1. The predicted molar refractivity (Wildman–Crippen MR) is 137 cm³/mol. The molecule has 5 saturated carbocycles. The van der Waals surface area contributed by atoms with Crippen LogP contribution < -0.4 is 11.1 Å². The molecule has 1 amide bonds. The normalized spacial score (nSPS) is 36.3. The average molecular weight is 455 g/mol. The van der Waals surface area contributed by atoms with E-state index < -0.39 is 0 Å². The predicted octanol–water partition coefficient (Wildman–Crippen LogP) is 5.69. The number of hydrogen-bond donors (Lipinski definition) is 2. The van der Waals surface area contributed by atoms with Gasteiger partial charge in [-0.3, -0.25) is 4.79 Å². The Hall–Kier alpha value is -2.39. The molecule has 2 unspecified atom stereocenters. The van der Waals surface area contributed by atoms with Gasteiger partial charge in [0.2, 0.25) is 5.91 Å². The number of carbonyl (C=O) groups is 1. The van der Waals surface area contributed by atoms with Crippen molar-refractivity contribution in [3.8, 4) is 0 Å². The zero-order valence-corrected chi connectivity index (χ0v) is 20.2. The minimum atomic E-state index is -0.217. The van der Waals surface area contributed by atoms with Crippen molar-refractivity contribution < 1.29 is 4.79 Å². The van der Waals surface area contributed by atoms with Gasteiger partial charge in [-0.1, -0.05) is 72.3 Å². The van der Waals surface area contributed by atoms with Gasteiger partial charge in [0.25, 0.3) is 0 Å². The van der Waals surface area contributed by atoms with Gasteiger partial charge in [0, 0.05) is 12.1 Å². The number of hydrogen-bond acceptors (Lipinski definition) is 2. The van der Waals surface area contributed by atoms with Crippen molar-refractivity contribution >= 4 is 5.91 Å². The molecule has 7 rings (SSSR count). The number of benzene rings is 2. The molecule has 0 radical (unpaired) electrons. The molecule has 0 aliphatic heterocycles. The van der Waals surface area contributed by atoms with E-state index in [0.717, 1.165) is 51.4 Å². The van der Waals surface area contributed by atoms with E-state index in [2.05, 4.69) is 72.1 Å². The molecule has 0 spiro atoms. The Bertz CT molecular complexity index is 1030. The van der Waals surface area contributed by atoms with Gasteiger partial charge < -0.3 is 11.1 Å². The van der Waals surface area contributed by atoms with E-state index in [1.165, 1.54) is 24.0 Å². The maximum Gasteiger partial charge on any atom is 0.226 e. The van der Waals surface area contributed by atoms with E-state index in [1.807, 2.05) is 0 Å².